The van der Waals surface area contributed by atoms with Crippen LogP contribution in [0.5, 0.6) is 0 Å². The van der Waals surface area contributed by atoms with Crippen molar-refractivity contribution in [1.82, 2.24) is 15.0 Å². The van der Waals surface area contributed by atoms with Crippen molar-refractivity contribution in [3.63, 3.8) is 0 Å². The number of carboxylic acids is 3. The minimum absolute atomic E-state index is 0. The van der Waals surface area contributed by atoms with E-state index in [0.717, 1.165) is 0 Å². The van der Waals surface area contributed by atoms with Gasteiger partial charge in [0, 0.05) is 18.6 Å². The van der Waals surface area contributed by atoms with Gasteiger partial charge in [-0.1, -0.05) is 18.2 Å². The van der Waals surface area contributed by atoms with Gasteiger partial charge in [-0.15, -0.1) is 0 Å². The first-order valence-corrected chi connectivity index (χ1v) is 7.29. The van der Waals surface area contributed by atoms with Crippen LogP contribution in [0.1, 0.15) is 31.5 Å². The minimum Gasteiger partial charge on any atom is -0.543 e. The molecule has 0 saturated heterocycles. The van der Waals surface area contributed by atoms with Gasteiger partial charge in [-0.05, 0) is 36.4 Å². The number of rotatable bonds is 3. The summed E-state index contributed by atoms with van der Waals surface area (Å²) in [5, 5.41) is 30.1. The zero-order valence-corrected chi connectivity index (χ0v) is 17.4. The largest absolute Gasteiger partial charge is 3.00 e. The number of carboxylic acid groups (broad SMARTS) is 3. The molecule has 3 aromatic heterocycles. The van der Waals surface area contributed by atoms with Gasteiger partial charge in [0.05, 0.1) is 35.0 Å². The zero-order chi connectivity index (χ0) is 20.1. The van der Waals surface area contributed by atoms with Crippen LogP contribution >= 0.6 is 0 Å². The summed E-state index contributed by atoms with van der Waals surface area (Å²) >= 11 is 0. The van der Waals surface area contributed by atoms with Gasteiger partial charge < -0.3 is 29.7 Å². The Morgan fingerprint density at radius 2 is 0.786 bits per heavy atom. The second kappa shape index (κ2) is 14.3. The number of aromatic nitrogens is 3. The SMILES string of the molecule is O=C([O-])c1ccccn1.O=C([O-])c1ccccn1.O=C([O-])c1ccccn1.[Nd+3]. The number of hydrogen-bond donors (Lipinski definition) is 0. The molecular weight excluding hydrogens is 498 g/mol. The molecular formula is C18H12N3NdO6. The second-order valence-electron chi connectivity index (χ2n) is 4.51. The van der Waals surface area contributed by atoms with E-state index in [1.807, 2.05) is 0 Å². The van der Waals surface area contributed by atoms with E-state index < -0.39 is 17.9 Å². The van der Waals surface area contributed by atoms with E-state index in [4.69, 9.17) is 0 Å². The van der Waals surface area contributed by atoms with E-state index in [0.29, 0.717) is 0 Å². The fourth-order valence-electron chi connectivity index (χ4n) is 1.45. The topological polar surface area (TPSA) is 159 Å². The van der Waals surface area contributed by atoms with Crippen molar-refractivity contribution in [3.05, 3.63) is 90.3 Å². The third-order valence-electron chi connectivity index (χ3n) is 2.62. The monoisotopic (exact) mass is 508 g/mol. The molecule has 139 valence electrons. The molecule has 0 bridgehead atoms. The summed E-state index contributed by atoms with van der Waals surface area (Å²) in [6.07, 6.45) is 4.22. The van der Waals surface area contributed by atoms with Crippen LogP contribution in [0.25, 0.3) is 0 Å². The van der Waals surface area contributed by atoms with Gasteiger partial charge >= 0.3 is 40.8 Å². The molecule has 9 nitrogen and oxygen atoms in total. The van der Waals surface area contributed by atoms with Crippen molar-refractivity contribution < 1.29 is 70.5 Å². The van der Waals surface area contributed by atoms with Crippen molar-refractivity contribution in [2.24, 2.45) is 0 Å². The molecule has 28 heavy (non-hydrogen) atoms. The first kappa shape index (κ1) is 25.2. The average Bonchev–Trinajstić information content (AvgIpc) is 2.71. The number of pyridine rings is 3. The van der Waals surface area contributed by atoms with Crippen molar-refractivity contribution in [1.29, 1.82) is 0 Å². The van der Waals surface area contributed by atoms with Gasteiger partial charge in [0.2, 0.25) is 0 Å². The molecule has 3 aromatic rings. The van der Waals surface area contributed by atoms with Crippen LogP contribution in [0.15, 0.2) is 73.2 Å². The van der Waals surface area contributed by atoms with Crippen molar-refractivity contribution in [2.75, 3.05) is 0 Å². The summed E-state index contributed by atoms with van der Waals surface area (Å²) in [6.45, 7) is 0. The smallest absolute Gasteiger partial charge is 0.543 e. The Morgan fingerprint density at radius 3 is 0.893 bits per heavy atom. The Morgan fingerprint density at radius 1 is 0.536 bits per heavy atom. The number of aromatic carboxylic acids is 3. The third kappa shape index (κ3) is 10.4. The summed E-state index contributed by atoms with van der Waals surface area (Å²) in [6, 6.07) is 13.9. The molecule has 0 amide bonds. The molecule has 0 aromatic carbocycles. The van der Waals surface area contributed by atoms with E-state index >= 15 is 0 Å². The Kier molecular flexibility index (Phi) is 12.9. The van der Waals surface area contributed by atoms with Gasteiger partial charge in [0.15, 0.2) is 0 Å². The van der Waals surface area contributed by atoms with Crippen molar-refractivity contribution in [3.8, 4) is 0 Å². The molecule has 0 atom stereocenters. The van der Waals surface area contributed by atoms with Crippen LogP contribution in [-0.2, 0) is 0 Å². The van der Waals surface area contributed by atoms with E-state index in [9.17, 15) is 29.7 Å². The number of carbonyl (C=O) groups is 3. The van der Waals surface area contributed by atoms with Crippen molar-refractivity contribution in [2.45, 2.75) is 0 Å². The Hall–Kier alpha value is -2.79. The maximum atomic E-state index is 10.0. The summed E-state index contributed by atoms with van der Waals surface area (Å²) in [5.41, 5.74) is -0.0903. The summed E-state index contributed by atoms with van der Waals surface area (Å²) in [4.78, 5) is 40.6. The van der Waals surface area contributed by atoms with Gasteiger partial charge in [0.1, 0.15) is 0 Å². The molecule has 10 heteroatoms. The van der Waals surface area contributed by atoms with Gasteiger partial charge in [-0.2, -0.15) is 0 Å². The van der Waals surface area contributed by atoms with E-state index in [1.165, 1.54) is 36.8 Å². The second-order valence-corrected chi connectivity index (χ2v) is 4.51. The van der Waals surface area contributed by atoms with E-state index in [1.54, 1.807) is 36.4 Å². The molecule has 0 aliphatic carbocycles. The molecule has 0 unspecified atom stereocenters. The molecule has 1 radical (unpaired) electrons. The molecule has 0 aliphatic heterocycles. The molecule has 0 aliphatic rings. The first-order valence-electron chi connectivity index (χ1n) is 7.29. The Bertz CT molecular complexity index is 747. The Labute approximate surface area is 192 Å². The Balaban J connectivity index is 0.000000384. The third-order valence-corrected chi connectivity index (χ3v) is 2.62. The normalized spacial score (nSPS) is 8.57. The maximum Gasteiger partial charge on any atom is 3.00 e. The quantitative estimate of drug-likeness (QED) is 0.402. The standard InChI is InChI=1S/3C6H5NO2.Nd/c3*8-6(9)5-3-1-2-4-7-5;/h3*1-4H,(H,8,9);/q;;;+3/p-3. The zero-order valence-electron chi connectivity index (χ0n) is 14.2. The maximum absolute atomic E-state index is 10.0. The van der Waals surface area contributed by atoms with Gasteiger partial charge in [-0.3, -0.25) is 15.0 Å². The van der Waals surface area contributed by atoms with Crippen LogP contribution in [0.4, 0.5) is 0 Å². The summed E-state index contributed by atoms with van der Waals surface area (Å²) < 4.78 is 0. The van der Waals surface area contributed by atoms with E-state index in [2.05, 4.69) is 15.0 Å². The average molecular weight is 511 g/mol. The molecule has 0 saturated carbocycles. The van der Waals surface area contributed by atoms with Crippen LogP contribution in [0.3, 0.4) is 0 Å². The summed E-state index contributed by atoms with van der Waals surface area (Å²) in [7, 11) is 0. The van der Waals surface area contributed by atoms with Crippen LogP contribution in [-0.4, -0.2) is 32.9 Å². The predicted octanol–water partition coefficient (Wildman–Crippen LogP) is -1.66. The summed E-state index contributed by atoms with van der Waals surface area (Å²) in [5.74, 6) is -3.72. The molecule has 0 fully saturated rings. The number of carbonyl (C=O) groups excluding carboxylic acids is 3. The van der Waals surface area contributed by atoms with Crippen LogP contribution < -0.4 is 15.3 Å². The molecule has 0 N–H and O–H groups in total. The van der Waals surface area contributed by atoms with Gasteiger partial charge in [0.25, 0.3) is 0 Å². The van der Waals surface area contributed by atoms with Crippen molar-refractivity contribution >= 4 is 17.9 Å². The van der Waals surface area contributed by atoms with Crippen LogP contribution in [0.2, 0.25) is 0 Å². The van der Waals surface area contributed by atoms with E-state index in [-0.39, 0.29) is 57.9 Å². The minimum atomic E-state index is -1.24. The fourth-order valence-corrected chi connectivity index (χ4v) is 1.45. The fraction of sp³-hybridized carbons (Fsp3) is 0. The number of nitrogens with zero attached hydrogens (tertiary/aromatic N) is 3. The number of hydrogen-bond acceptors (Lipinski definition) is 9. The van der Waals surface area contributed by atoms with Crippen LogP contribution in [0, 0.1) is 40.8 Å². The molecule has 3 heterocycles. The van der Waals surface area contributed by atoms with Gasteiger partial charge in [-0.25, -0.2) is 0 Å². The predicted molar refractivity (Wildman–Crippen MR) is 85.7 cm³/mol. The first-order chi connectivity index (χ1) is 12.9. The molecule has 0 spiro atoms. The molecule has 3 rings (SSSR count).